The molecule has 0 atom stereocenters. The number of benzene rings is 1. The molecule has 1 aromatic carbocycles. The first kappa shape index (κ1) is 15.7. The highest BCUT2D eigenvalue weighted by atomic mass is 32.2. The zero-order valence-corrected chi connectivity index (χ0v) is 12.0. The van der Waals surface area contributed by atoms with Crippen LogP contribution in [0.15, 0.2) is 30.3 Å². The van der Waals surface area contributed by atoms with Crippen LogP contribution < -0.4 is 0 Å². The first-order valence-corrected chi connectivity index (χ1v) is 7.66. The van der Waals surface area contributed by atoms with Gasteiger partial charge in [0.15, 0.2) is 0 Å². The Morgan fingerprint density at radius 1 is 1.11 bits per heavy atom. The van der Waals surface area contributed by atoms with E-state index in [-0.39, 0.29) is 5.56 Å². The molecule has 1 aromatic rings. The molecule has 0 unspecified atom stereocenters. The van der Waals surface area contributed by atoms with Crippen LogP contribution in [0, 0.1) is 0 Å². The van der Waals surface area contributed by atoms with Crippen LogP contribution in [0.5, 0.6) is 0 Å². The minimum atomic E-state index is -4.01. The first-order chi connectivity index (χ1) is 9.01. The van der Waals surface area contributed by atoms with E-state index >= 15 is 0 Å². The number of nitrogens with zero attached hydrogens (tertiary/aromatic N) is 1. The lowest BCUT2D eigenvalue weighted by molar-refractivity contribution is 0.0731. The van der Waals surface area contributed by atoms with Crippen molar-refractivity contribution in [3.63, 3.8) is 0 Å². The molecule has 19 heavy (non-hydrogen) atoms. The number of hydrogen-bond acceptors (Lipinski definition) is 4. The molecule has 0 heterocycles. The second-order valence-electron chi connectivity index (χ2n) is 4.09. The van der Waals surface area contributed by atoms with Crippen molar-refractivity contribution in [2.75, 3.05) is 13.1 Å². The van der Waals surface area contributed by atoms with E-state index in [1.807, 2.05) is 13.8 Å². The number of rotatable bonds is 7. The molecule has 106 valence electrons. The van der Waals surface area contributed by atoms with Gasteiger partial charge < -0.3 is 4.18 Å². The zero-order chi connectivity index (χ0) is 14.3. The van der Waals surface area contributed by atoms with Crippen LogP contribution >= 0.6 is 0 Å². The Morgan fingerprint density at radius 2 is 1.63 bits per heavy atom. The average molecular weight is 285 g/mol. The van der Waals surface area contributed by atoms with Crippen LogP contribution in [-0.4, -0.2) is 31.8 Å². The third-order valence-corrected chi connectivity index (χ3v) is 3.81. The van der Waals surface area contributed by atoms with Gasteiger partial charge in [-0.15, -0.1) is 0 Å². The SMILES string of the molecule is CCCN(CCC)S(=O)(=O)OC(=O)c1ccccc1. The van der Waals surface area contributed by atoms with Gasteiger partial charge in [-0.2, -0.15) is 12.7 Å². The van der Waals surface area contributed by atoms with Gasteiger partial charge in [-0.25, -0.2) is 4.79 Å². The number of carbonyl (C=O) groups is 1. The second-order valence-corrected chi connectivity index (χ2v) is 5.63. The summed E-state index contributed by atoms with van der Waals surface area (Å²) < 4.78 is 29.8. The minimum Gasteiger partial charge on any atom is -0.329 e. The van der Waals surface area contributed by atoms with E-state index in [0.29, 0.717) is 25.9 Å². The summed E-state index contributed by atoms with van der Waals surface area (Å²) in [5.74, 6) is -0.849. The lowest BCUT2D eigenvalue weighted by Gasteiger charge is -2.19. The van der Waals surface area contributed by atoms with Gasteiger partial charge in [-0.3, -0.25) is 0 Å². The lowest BCUT2D eigenvalue weighted by atomic mass is 10.2. The Bertz CT molecular complexity index is 493. The van der Waals surface area contributed by atoms with E-state index in [1.54, 1.807) is 18.2 Å². The Balaban J connectivity index is 2.80. The maximum atomic E-state index is 12.0. The molecular weight excluding hydrogens is 266 g/mol. The van der Waals surface area contributed by atoms with Gasteiger partial charge in [0.05, 0.1) is 5.56 Å². The Hall–Kier alpha value is -1.40. The fourth-order valence-corrected chi connectivity index (χ4v) is 2.81. The molecule has 0 aromatic heterocycles. The predicted octanol–water partition coefficient (Wildman–Crippen LogP) is 2.21. The molecule has 0 aliphatic rings. The highest BCUT2D eigenvalue weighted by Gasteiger charge is 2.25. The molecule has 5 nitrogen and oxygen atoms in total. The van der Waals surface area contributed by atoms with Gasteiger partial charge in [0.1, 0.15) is 0 Å². The predicted molar refractivity (Wildman–Crippen MR) is 72.9 cm³/mol. The summed E-state index contributed by atoms with van der Waals surface area (Å²) in [6, 6.07) is 8.08. The summed E-state index contributed by atoms with van der Waals surface area (Å²) in [6.07, 6.45) is 1.34. The molecule has 0 amide bonds. The van der Waals surface area contributed by atoms with Gasteiger partial charge >= 0.3 is 16.3 Å². The summed E-state index contributed by atoms with van der Waals surface area (Å²) in [6.45, 7) is 4.44. The molecule has 0 saturated carbocycles. The van der Waals surface area contributed by atoms with Gasteiger partial charge in [-0.1, -0.05) is 32.0 Å². The van der Waals surface area contributed by atoms with Crippen LogP contribution in [0.4, 0.5) is 0 Å². The molecule has 1 rings (SSSR count). The molecule has 0 N–H and O–H groups in total. The quantitative estimate of drug-likeness (QED) is 0.770. The van der Waals surface area contributed by atoms with E-state index in [2.05, 4.69) is 4.18 Å². The van der Waals surface area contributed by atoms with E-state index in [9.17, 15) is 13.2 Å². The lowest BCUT2D eigenvalue weighted by Crippen LogP contribution is -2.35. The van der Waals surface area contributed by atoms with Crippen LogP contribution in [0.1, 0.15) is 37.0 Å². The maximum Gasteiger partial charge on any atom is 0.387 e. The highest BCUT2D eigenvalue weighted by molar-refractivity contribution is 7.84. The first-order valence-electron chi connectivity index (χ1n) is 6.30. The fourth-order valence-electron chi connectivity index (χ4n) is 1.60. The van der Waals surface area contributed by atoms with E-state index in [1.165, 1.54) is 16.4 Å². The average Bonchev–Trinajstić information content (AvgIpc) is 2.39. The van der Waals surface area contributed by atoms with Crippen molar-refractivity contribution in [1.29, 1.82) is 0 Å². The molecule has 0 saturated heterocycles. The van der Waals surface area contributed by atoms with E-state index < -0.39 is 16.3 Å². The summed E-state index contributed by atoms with van der Waals surface area (Å²) >= 11 is 0. The summed E-state index contributed by atoms with van der Waals surface area (Å²) in [4.78, 5) is 11.7. The van der Waals surface area contributed by atoms with E-state index in [4.69, 9.17) is 0 Å². The summed E-state index contributed by atoms with van der Waals surface area (Å²) in [5.41, 5.74) is 0.221. The maximum absolute atomic E-state index is 12.0. The van der Waals surface area contributed by atoms with Crippen molar-refractivity contribution in [1.82, 2.24) is 4.31 Å². The van der Waals surface area contributed by atoms with Gasteiger partial charge in [0.2, 0.25) is 0 Å². The van der Waals surface area contributed by atoms with Crippen molar-refractivity contribution in [3.8, 4) is 0 Å². The number of hydrogen-bond donors (Lipinski definition) is 0. The van der Waals surface area contributed by atoms with Gasteiger partial charge in [0.25, 0.3) is 0 Å². The third kappa shape index (κ3) is 4.65. The van der Waals surface area contributed by atoms with Crippen LogP contribution in [0.3, 0.4) is 0 Å². The zero-order valence-electron chi connectivity index (χ0n) is 11.2. The Morgan fingerprint density at radius 3 is 2.11 bits per heavy atom. The van der Waals surface area contributed by atoms with Crippen molar-refractivity contribution in [2.45, 2.75) is 26.7 Å². The van der Waals surface area contributed by atoms with Crippen molar-refractivity contribution < 1.29 is 17.4 Å². The van der Waals surface area contributed by atoms with Crippen LogP contribution in [0.25, 0.3) is 0 Å². The molecular formula is C13H19NO4S. The normalized spacial score (nSPS) is 11.5. The van der Waals surface area contributed by atoms with Crippen molar-refractivity contribution in [3.05, 3.63) is 35.9 Å². The molecule has 0 bridgehead atoms. The molecule has 0 radical (unpaired) electrons. The highest BCUT2D eigenvalue weighted by Crippen LogP contribution is 2.10. The topological polar surface area (TPSA) is 63.7 Å². The molecule has 0 aliphatic carbocycles. The number of carbonyl (C=O) groups excluding carboxylic acids is 1. The molecule has 0 spiro atoms. The smallest absolute Gasteiger partial charge is 0.329 e. The minimum absolute atomic E-state index is 0.221. The van der Waals surface area contributed by atoms with Crippen molar-refractivity contribution in [2.24, 2.45) is 0 Å². The standard InChI is InChI=1S/C13H19NO4S/c1-3-10-14(11-4-2)19(16,17)18-13(15)12-8-6-5-7-9-12/h5-9H,3-4,10-11H2,1-2H3. The van der Waals surface area contributed by atoms with Gasteiger partial charge in [0, 0.05) is 13.1 Å². The largest absolute Gasteiger partial charge is 0.387 e. The Labute approximate surface area is 114 Å². The molecule has 0 aliphatic heterocycles. The van der Waals surface area contributed by atoms with Crippen LogP contribution in [-0.2, 0) is 14.5 Å². The van der Waals surface area contributed by atoms with Gasteiger partial charge in [-0.05, 0) is 25.0 Å². The van der Waals surface area contributed by atoms with Crippen LogP contribution in [0.2, 0.25) is 0 Å². The second kappa shape index (κ2) is 7.25. The van der Waals surface area contributed by atoms with E-state index in [0.717, 1.165) is 0 Å². The summed E-state index contributed by atoms with van der Waals surface area (Å²) in [5, 5.41) is 0. The summed E-state index contributed by atoms with van der Waals surface area (Å²) in [7, 11) is -4.01. The van der Waals surface area contributed by atoms with Crippen molar-refractivity contribution >= 4 is 16.3 Å². The fraction of sp³-hybridized carbons (Fsp3) is 0.462. The monoisotopic (exact) mass is 285 g/mol. The molecule has 6 heteroatoms. The third-order valence-electron chi connectivity index (χ3n) is 2.45. The Kier molecular flexibility index (Phi) is 5.98. The molecule has 0 fully saturated rings.